The molecule has 9 rings (SSSR count). The van der Waals surface area contributed by atoms with E-state index in [-0.39, 0.29) is 6.61 Å². The lowest BCUT2D eigenvalue weighted by atomic mass is 9.70. The van der Waals surface area contributed by atoms with Crippen LogP contribution in [0.5, 0.6) is 34.5 Å². The van der Waals surface area contributed by atoms with Crippen molar-refractivity contribution in [3.8, 4) is 34.5 Å². The van der Waals surface area contributed by atoms with E-state index in [1.807, 2.05) is 72.8 Å². The molecule has 14 heteroatoms. The van der Waals surface area contributed by atoms with Gasteiger partial charge in [-0.15, -0.1) is 0 Å². The molecule has 0 unspecified atom stereocenters. The van der Waals surface area contributed by atoms with E-state index in [0.717, 1.165) is 21.2 Å². The summed E-state index contributed by atoms with van der Waals surface area (Å²) in [5, 5.41) is 0. The fourth-order valence-electron chi connectivity index (χ4n) is 9.30. The quantitative estimate of drug-likeness (QED) is 0.113. The third-order valence-corrected chi connectivity index (χ3v) is 12.7. The Morgan fingerprint density at radius 1 is 0.656 bits per heavy atom. The van der Waals surface area contributed by atoms with E-state index in [0.29, 0.717) is 51.2 Å². The van der Waals surface area contributed by atoms with Gasteiger partial charge in [0.2, 0.25) is 5.60 Å². The molecule has 5 aromatic rings. The molecule has 61 heavy (non-hydrogen) atoms. The Morgan fingerprint density at radius 3 is 1.80 bits per heavy atom. The Balaban J connectivity index is 1.25. The molecule has 4 aliphatic rings. The minimum absolute atomic E-state index is 0.140. The van der Waals surface area contributed by atoms with Gasteiger partial charge in [-0.1, -0.05) is 40.2 Å². The summed E-state index contributed by atoms with van der Waals surface area (Å²) in [7, 11) is 9.39. The highest BCUT2D eigenvalue weighted by Gasteiger charge is 2.84. The van der Waals surface area contributed by atoms with Crippen LogP contribution in [0.1, 0.15) is 62.2 Å². The standard InChI is InChI=1S/C47H43BrO13/c1-51-30-15-9-25(10-16-30)41-38(28-19-32(53-3)21-33(20-28)54-4)39-35(22-34(55-5)23-36(39)58-41)40-42(26-11-17-31(52-2)18-12-26)61-47-43(60-45(50)46(40,47)56-6)37(24-57-47)59-44(49)27-7-13-29(48)14-8-27/h7-23,37-38,40-43H,24H2,1-6H3/t37-,38+,40-,41-,42-,43+,46+,47+/m0/s1. The number of hydrogen-bond acceptors (Lipinski definition) is 13. The maximum atomic E-state index is 15.0. The summed E-state index contributed by atoms with van der Waals surface area (Å²) in [5.74, 6) is -1.30. The molecule has 0 amide bonds. The molecule has 1 spiro atoms. The van der Waals surface area contributed by atoms with Crippen LogP contribution in [-0.4, -0.2) is 84.8 Å². The van der Waals surface area contributed by atoms with Crippen molar-refractivity contribution in [2.24, 2.45) is 0 Å². The minimum atomic E-state index is -1.95. The highest BCUT2D eigenvalue weighted by Crippen LogP contribution is 2.67. The van der Waals surface area contributed by atoms with Crippen molar-refractivity contribution in [2.45, 2.75) is 47.6 Å². The summed E-state index contributed by atoms with van der Waals surface area (Å²) in [6, 6.07) is 31.2. The molecule has 0 N–H and O–H groups in total. The molecule has 13 nitrogen and oxygen atoms in total. The number of ether oxygens (including phenoxy) is 11. The van der Waals surface area contributed by atoms with Crippen molar-refractivity contribution < 1.29 is 61.7 Å². The highest BCUT2D eigenvalue weighted by atomic mass is 79.9. The van der Waals surface area contributed by atoms with Crippen molar-refractivity contribution >= 4 is 27.9 Å². The minimum Gasteiger partial charge on any atom is -0.497 e. The van der Waals surface area contributed by atoms with Crippen LogP contribution in [0.25, 0.3) is 0 Å². The number of fused-ring (bicyclic) bond motifs is 1. The van der Waals surface area contributed by atoms with Crippen molar-refractivity contribution in [2.75, 3.05) is 49.3 Å². The Morgan fingerprint density at radius 2 is 1.23 bits per heavy atom. The number of halogens is 1. The van der Waals surface area contributed by atoms with E-state index >= 15 is 0 Å². The predicted octanol–water partition coefficient (Wildman–Crippen LogP) is 7.88. The van der Waals surface area contributed by atoms with Crippen LogP contribution >= 0.6 is 15.9 Å². The first-order valence-corrected chi connectivity index (χ1v) is 20.3. The number of carbonyl (C=O) groups is 2. The van der Waals surface area contributed by atoms with Gasteiger partial charge in [0.15, 0.2) is 12.2 Å². The van der Waals surface area contributed by atoms with Gasteiger partial charge in [0.05, 0.1) is 65.7 Å². The SMILES string of the molecule is COc1ccc([C@@H]2Oc3cc(OC)cc([C@H]4[C@H](c5ccc(OC)cc5)O[C@]56OC[C@H](OC(=O)c7ccc(Br)cc7)[C@H]5OC(=O)[C@]46OC)c3[C@H]2c2cc(OC)cc(OC)c2)cc1. The van der Waals surface area contributed by atoms with Crippen LogP contribution in [0.15, 0.2) is 108 Å². The van der Waals surface area contributed by atoms with Gasteiger partial charge in [0, 0.05) is 29.3 Å². The molecule has 4 heterocycles. The maximum absolute atomic E-state index is 15.0. The van der Waals surface area contributed by atoms with Crippen molar-refractivity contribution in [3.05, 3.63) is 141 Å². The third kappa shape index (κ3) is 6.46. The summed E-state index contributed by atoms with van der Waals surface area (Å²) in [6.45, 7) is -0.140. The Labute approximate surface area is 360 Å². The number of carbonyl (C=O) groups excluding carboxylic acids is 2. The largest absolute Gasteiger partial charge is 0.497 e. The van der Waals surface area contributed by atoms with Gasteiger partial charge in [-0.2, -0.15) is 0 Å². The lowest BCUT2D eigenvalue weighted by Crippen LogP contribution is -2.58. The van der Waals surface area contributed by atoms with E-state index < -0.39 is 59.6 Å². The fraction of sp³-hybridized carbons (Fsp3) is 0.319. The van der Waals surface area contributed by atoms with Crippen molar-refractivity contribution in [3.63, 3.8) is 0 Å². The van der Waals surface area contributed by atoms with E-state index in [9.17, 15) is 9.59 Å². The normalized spacial score (nSPS) is 27.0. The lowest BCUT2D eigenvalue weighted by molar-refractivity contribution is -0.264. The first kappa shape index (κ1) is 40.6. The molecule has 316 valence electrons. The zero-order chi connectivity index (χ0) is 42.6. The van der Waals surface area contributed by atoms with Gasteiger partial charge in [-0.25, -0.2) is 9.59 Å². The molecule has 3 saturated heterocycles. The average molecular weight is 896 g/mol. The molecule has 0 aliphatic carbocycles. The molecule has 0 bridgehead atoms. The van der Waals surface area contributed by atoms with Gasteiger partial charge in [-0.3, -0.25) is 0 Å². The summed E-state index contributed by atoms with van der Waals surface area (Å²) in [6.07, 6.45) is -3.74. The molecule has 8 atom stereocenters. The van der Waals surface area contributed by atoms with Crippen LogP contribution in [0.2, 0.25) is 0 Å². The maximum Gasteiger partial charge on any atom is 0.345 e. The average Bonchev–Trinajstić information content (AvgIpc) is 4.00. The molecule has 5 aromatic carbocycles. The first-order valence-electron chi connectivity index (χ1n) is 19.6. The summed E-state index contributed by atoms with van der Waals surface area (Å²) in [4.78, 5) is 28.5. The Hall–Kier alpha value is -5.80. The van der Waals surface area contributed by atoms with Gasteiger partial charge in [0.1, 0.15) is 40.6 Å². The Bertz CT molecular complexity index is 2430. The summed E-state index contributed by atoms with van der Waals surface area (Å²) in [5.41, 5.74) is 2.08. The molecule has 0 radical (unpaired) electrons. The topological polar surface area (TPSA) is 136 Å². The summed E-state index contributed by atoms with van der Waals surface area (Å²) >= 11 is 3.41. The van der Waals surface area contributed by atoms with Crippen molar-refractivity contribution in [1.82, 2.24) is 0 Å². The van der Waals surface area contributed by atoms with E-state index in [4.69, 9.17) is 52.1 Å². The van der Waals surface area contributed by atoms with Gasteiger partial charge < -0.3 is 52.1 Å². The number of rotatable bonds is 12. The fourth-order valence-corrected chi connectivity index (χ4v) is 9.57. The third-order valence-electron chi connectivity index (χ3n) is 12.1. The molecular formula is C47H43BrO13. The predicted molar refractivity (Wildman–Crippen MR) is 222 cm³/mol. The number of benzene rings is 5. The number of esters is 2. The van der Waals surface area contributed by atoms with Gasteiger partial charge >= 0.3 is 11.9 Å². The zero-order valence-corrected chi connectivity index (χ0v) is 35.8. The molecular weight excluding hydrogens is 852 g/mol. The van der Waals surface area contributed by atoms with Crippen LogP contribution in [0.3, 0.4) is 0 Å². The van der Waals surface area contributed by atoms with Crippen molar-refractivity contribution in [1.29, 1.82) is 0 Å². The zero-order valence-electron chi connectivity index (χ0n) is 34.2. The molecule has 0 aromatic heterocycles. The second kappa shape index (κ2) is 15.9. The highest BCUT2D eigenvalue weighted by molar-refractivity contribution is 9.10. The summed E-state index contributed by atoms with van der Waals surface area (Å²) < 4.78 is 68.8. The van der Waals surface area contributed by atoms with Crippen LogP contribution in [0, 0.1) is 0 Å². The monoisotopic (exact) mass is 894 g/mol. The smallest absolute Gasteiger partial charge is 0.345 e. The van der Waals surface area contributed by atoms with Gasteiger partial charge in [-0.05, 0) is 89.0 Å². The lowest BCUT2D eigenvalue weighted by Gasteiger charge is -2.35. The second-order valence-corrected chi connectivity index (χ2v) is 16.0. The molecule has 4 aliphatic heterocycles. The first-order chi connectivity index (χ1) is 29.6. The van der Waals surface area contributed by atoms with Crippen LogP contribution in [0.4, 0.5) is 0 Å². The molecule has 3 fully saturated rings. The van der Waals surface area contributed by atoms with E-state index in [1.165, 1.54) is 7.11 Å². The van der Waals surface area contributed by atoms with E-state index in [2.05, 4.69) is 15.9 Å². The second-order valence-electron chi connectivity index (χ2n) is 15.0. The van der Waals surface area contributed by atoms with Crippen LogP contribution in [-0.2, 0) is 28.5 Å². The van der Waals surface area contributed by atoms with Gasteiger partial charge in [0.25, 0.3) is 5.79 Å². The molecule has 0 saturated carbocycles. The number of methoxy groups -OCH3 is 6. The Kier molecular flexibility index (Phi) is 10.6. The van der Waals surface area contributed by atoms with E-state index in [1.54, 1.807) is 65.9 Å². The number of hydrogen-bond donors (Lipinski definition) is 0. The van der Waals surface area contributed by atoms with Crippen LogP contribution < -0.4 is 28.4 Å².